The van der Waals surface area contributed by atoms with Crippen molar-refractivity contribution in [2.75, 3.05) is 13.1 Å². The number of nitrogens with zero attached hydrogens (tertiary/aromatic N) is 1. The van der Waals surface area contributed by atoms with E-state index >= 15 is 0 Å². The van der Waals surface area contributed by atoms with Crippen molar-refractivity contribution in [2.45, 2.75) is 57.2 Å². The molecule has 2 aromatic carbocycles. The van der Waals surface area contributed by atoms with E-state index in [0.717, 1.165) is 18.4 Å². The van der Waals surface area contributed by atoms with Gasteiger partial charge in [0.2, 0.25) is 15.9 Å². The fraction of sp³-hybridized carbons (Fsp3) is 0.480. The summed E-state index contributed by atoms with van der Waals surface area (Å²) in [5.74, 6) is -0.265. The molecule has 1 atom stereocenters. The highest BCUT2D eigenvalue weighted by Gasteiger charge is 2.32. The maximum Gasteiger partial charge on any atom is 0.223 e. The van der Waals surface area contributed by atoms with Gasteiger partial charge in [0.1, 0.15) is 0 Å². The summed E-state index contributed by atoms with van der Waals surface area (Å²) in [4.78, 5) is 12.9. The average Bonchev–Trinajstić information content (AvgIpc) is 2.80. The number of aryl methyl sites for hydroxylation is 2. The lowest BCUT2D eigenvalue weighted by Gasteiger charge is -2.31. The van der Waals surface area contributed by atoms with Crippen molar-refractivity contribution in [1.82, 2.24) is 9.62 Å². The smallest absolute Gasteiger partial charge is 0.223 e. The van der Waals surface area contributed by atoms with Crippen LogP contribution >= 0.6 is 11.6 Å². The van der Waals surface area contributed by atoms with Crippen molar-refractivity contribution in [3.63, 3.8) is 0 Å². The van der Waals surface area contributed by atoms with Gasteiger partial charge in [-0.3, -0.25) is 4.79 Å². The monoisotopic (exact) mass is 474 g/mol. The van der Waals surface area contributed by atoms with Gasteiger partial charge in [-0.1, -0.05) is 48.0 Å². The second-order valence-corrected chi connectivity index (χ2v) is 11.4. The number of nitrogens with one attached hydrogen (secondary N) is 1. The van der Waals surface area contributed by atoms with Crippen LogP contribution in [0.1, 0.15) is 60.9 Å². The summed E-state index contributed by atoms with van der Waals surface area (Å²) in [5, 5.41) is 3.61. The summed E-state index contributed by atoms with van der Waals surface area (Å²) in [5.41, 5.74) is 4.59. The van der Waals surface area contributed by atoms with Gasteiger partial charge in [0.15, 0.2) is 0 Å². The molecule has 1 aliphatic heterocycles. The first-order valence-electron chi connectivity index (χ1n) is 11.5. The molecule has 1 aliphatic carbocycles. The van der Waals surface area contributed by atoms with E-state index in [9.17, 15) is 13.2 Å². The molecule has 32 heavy (non-hydrogen) atoms. The maximum atomic E-state index is 12.9. The van der Waals surface area contributed by atoms with E-state index in [2.05, 4.69) is 23.5 Å². The zero-order chi connectivity index (χ0) is 22.7. The Morgan fingerprint density at radius 2 is 1.78 bits per heavy atom. The van der Waals surface area contributed by atoms with Crippen molar-refractivity contribution in [1.29, 1.82) is 0 Å². The molecule has 172 valence electrons. The standard InChI is InChI=1S/C25H31ClN2O3S/c1-18(21-11-10-19-6-2-3-7-22(19)16-21)27-25(29)20-12-14-28(15-13-20)32(30,31)17-23-8-4-5-9-24(23)26/h4-5,8-11,16,18,20H,2-3,6-7,12-15,17H2,1H3,(H,27,29)/t18-/m0/s1. The van der Waals surface area contributed by atoms with Gasteiger partial charge >= 0.3 is 0 Å². The van der Waals surface area contributed by atoms with Crippen molar-refractivity contribution in [3.05, 3.63) is 69.7 Å². The predicted molar refractivity (Wildman–Crippen MR) is 128 cm³/mol. The quantitative estimate of drug-likeness (QED) is 0.663. The number of carbonyl (C=O) groups excluding carboxylic acids is 1. The molecule has 1 amide bonds. The lowest BCUT2D eigenvalue weighted by molar-refractivity contribution is -0.126. The highest BCUT2D eigenvalue weighted by molar-refractivity contribution is 7.88. The first kappa shape index (κ1) is 23.3. The molecule has 1 heterocycles. The van der Waals surface area contributed by atoms with Gasteiger partial charge in [0, 0.05) is 24.0 Å². The van der Waals surface area contributed by atoms with Gasteiger partial charge in [-0.2, -0.15) is 0 Å². The fourth-order valence-electron chi connectivity index (χ4n) is 4.74. The van der Waals surface area contributed by atoms with Crippen LogP contribution < -0.4 is 5.32 Å². The summed E-state index contributed by atoms with van der Waals surface area (Å²) in [6.07, 6.45) is 5.81. The Labute approximate surface area is 196 Å². The fourth-order valence-corrected chi connectivity index (χ4v) is 6.61. The van der Waals surface area contributed by atoms with Crippen molar-refractivity contribution in [2.24, 2.45) is 5.92 Å². The van der Waals surface area contributed by atoms with E-state index in [0.29, 0.717) is 36.5 Å². The molecule has 5 nitrogen and oxygen atoms in total. The zero-order valence-corrected chi connectivity index (χ0v) is 20.1. The molecule has 7 heteroatoms. The van der Waals surface area contributed by atoms with Crippen LogP contribution in [0.2, 0.25) is 5.02 Å². The Morgan fingerprint density at radius 3 is 2.50 bits per heavy atom. The van der Waals surface area contributed by atoms with Crippen molar-refractivity contribution < 1.29 is 13.2 Å². The number of carbonyl (C=O) groups is 1. The minimum Gasteiger partial charge on any atom is -0.349 e. The minimum absolute atomic E-state index is 0.0124. The van der Waals surface area contributed by atoms with Gasteiger partial charge in [-0.05, 0) is 73.8 Å². The first-order valence-corrected chi connectivity index (χ1v) is 13.5. The van der Waals surface area contributed by atoms with Gasteiger partial charge < -0.3 is 5.32 Å². The third-order valence-electron chi connectivity index (χ3n) is 6.75. The van der Waals surface area contributed by atoms with E-state index < -0.39 is 10.0 Å². The number of rotatable bonds is 6. The molecule has 0 saturated carbocycles. The number of fused-ring (bicyclic) bond motifs is 1. The van der Waals surface area contributed by atoms with E-state index in [-0.39, 0.29) is 23.6 Å². The Balaban J connectivity index is 1.32. The van der Waals surface area contributed by atoms with Gasteiger partial charge in [-0.25, -0.2) is 12.7 Å². The summed E-state index contributed by atoms with van der Waals surface area (Å²) in [7, 11) is -3.47. The maximum absolute atomic E-state index is 12.9. The summed E-state index contributed by atoms with van der Waals surface area (Å²) in [6, 6.07) is 13.5. The lowest BCUT2D eigenvalue weighted by Crippen LogP contribution is -2.43. The van der Waals surface area contributed by atoms with E-state index in [1.807, 2.05) is 6.92 Å². The number of hydrogen-bond donors (Lipinski definition) is 1. The van der Waals surface area contributed by atoms with Crippen LogP contribution in [0.4, 0.5) is 0 Å². The number of amides is 1. The van der Waals surface area contributed by atoms with Crippen LogP contribution in [-0.4, -0.2) is 31.7 Å². The SMILES string of the molecule is C[C@H](NC(=O)C1CCN(S(=O)(=O)Cc2ccccc2Cl)CC1)c1ccc2c(c1)CCCC2. The Kier molecular flexibility index (Phi) is 7.23. The molecule has 1 N–H and O–H groups in total. The zero-order valence-electron chi connectivity index (χ0n) is 18.5. The number of piperidine rings is 1. The minimum atomic E-state index is -3.47. The number of halogens is 1. The Bertz CT molecular complexity index is 1080. The first-order chi connectivity index (χ1) is 15.3. The van der Waals surface area contributed by atoms with Crippen LogP contribution in [0.3, 0.4) is 0 Å². The second kappa shape index (κ2) is 9.94. The van der Waals surface area contributed by atoms with E-state index in [4.69, 9.17) is 11.6 Å². The number of sulfonamides is 1. The summed E-state index contributed by atoms with van der Waals surface area (Å²) >= 11 is 6.14. The average molecular weight is 475 g/mol. The third-order valence-corrected chi connectivity index (χ3v) is 8.94. The number of benzene rings is 2. The molecular weight excluding hydrogens is 444 g/mol. The van der Waals surface area contributed by atoms with Crippen LogP contribution in [0.25, 0.3) is 0 Å². The van der Waals surface area contributed by atoms with Gasteiger partial charge in [0.05, 0.1) is 11.8 Å². The molecule has 0 spiro atoms. The Hall–Kier alpha value is -1.89. The van der Waals surface area contributed by atoms with Gasteiger partial charge in [0.25, 0.3) is 0 Å². The number of hydrogen-bond acceptors (Lipinski definition) is 3. The normalized spacial score (nSPS) is 18.7. The molecule has 1 fully saturated rings. The molecule has 0 bridgehead atoms. The molecule has 0 radical (unpaired) electrons. The highest BCUT2D eigenvalue weighted by atomic mass is 35.5. The van der Waals surface area contributed by atoms with E-state index in [1.165, 1.54) is 28.3 Å². The summed E-state index contributed by atoms with van der Waals surface area (Å²) < 4.78 is 27.2. The summed E-state index contributed by atoms with van der Waals surface area (Å²) in [6.45, 7) is 2.74. The molecule has 2 aliphatic rings. The second-order valence-electron chi connectivity index (χ2n) is 8.99. The molecular formula is C25H31ClN2O3S. The van der Waals surface area contributed by atoms with Crippen molar-refractivity contribution >= 4 is 27.5 Å². The van der Waals surface area contributed by atoms with Crippen LogP contribution in [0.5, 0.6) is 0 Å². The Morgan fingerprint density at radius 1 is 1.09 bits per heavy atom. The largest absolute Gasteiger partial charge is 0.349 e. The van der Waals surface area contributed by atoms with E-state index in [1.54, 1.807) is 24.3 Å². The van der Waals surface area contributed by atoms with Crippen LogP contribution in [0, 0.1) is 5.92 Å². The molecule has 1 saturated heterocycles. The predicted octanol–water partition coefficient (Wildman–Crippen LogP) is 4.64. The van der Waals surface area contributed by atoms with Crippen LogP contribution in [-0.2, 0) is 33.4 Å². The molecule has 0 unspecified atom stereocenters. The lowest BCUT2D eigenvalue weighted by atomic mass is 9.89. The van der Waals surface area contributed by atoms with Gasteiger partial charge in [-0.15, -0.1) is 0 Å². The topological polar surface area (TPSA) is 66.5 Å². The molecule has 2 aromatic rings. The van der Waals surface area contributed by atoms with Crippen molar-refractivity contribution in [3.8, 4) is 0 Å². The molecule has 0 aromatic heterocycles. The highest BCUT2D eigenvalue weighted by Crippen LogP contribution is 2.27. The molecule has 4 rings (SSSR count). The van der Waals surface area contributed by atoms with Crippen LogP contribution in [0.15, 0.2) is 42.5 Å². The third kappa shape index (κ3) is 5.36.